The van der Waals surface area contributed by atoms with E-state index in [-0.39, 0.29) is 12.1 Å². The molecule has 0 radical (unpaired) electrons. The molecule has 1 spiro atoms. The zero-order valence-electron chi connectivity index (χ0n) is 20.0. The van der Waals surface area contributed by atoms with Crippen molar-refractivity contribution < 1.29 is 23.7 Å². The molecule has 8 heteroatoms. The summed E-state index contributed by atoms with van der Waals surface area (Å²) < 4.78 is 23.2. The Morgan fingerprint density at radius 2 is 1.88 bits per heavy atom. The molecule has 5 rings (SSSR count). The lowest BCUT2D eigenvalue weighted by Gasteiger charge is -2.51. The van der Waals surface area contributed by atoms with E-state index in [2.05, 4.69) is 23.2 Å². The number of hydrazone groups is 1. The van der Waals surface area contributed by atoms with E-state index in [9.17, 15) is 4.79 Å². The van der Waals surface area contributed by atoms with Crippen LogP contribution < -0.4 is 14.2 Å². The van der Waals surface area contributed by atoms with E-state index in [4.69, 9.17) is 24.0 Å². The van der Waals surface area contributed by atoms with E-state index >= 15 is 0 Å². The molecule has 1 fully saturated rings. The Kier molecular flexibility index (Phi) is 5.98. The van der Waals surface area contributed by atoms with Crippen molar-refractivity contribution in [2.24, 2.45) is 5.10 Å². The number of rotatable bonds is 5. The van der Waals surface area contributed by atoms with E-state index in [0.717, 1.165) is 40.5 Å². The molecule has 2 aromatic carbocycles. The summed E-state index contributed by atoms with van der Waals surface area (Å²) in [5.41, 5.74) is 2.51. The van der Waals surface area contributed by atoms with Gasteiger partial charge in [0.2, 0.25) is 5.72 Å². The molecule has 0 unspecified atom stereocenters. The van der Waals surface area contributed by atoms with Gasteiger partial charge in [-0.3, -0.25) is 0 Å². The fourth-order valence-electron chi connectivity index (χ4n) is 5.10. The molecule has 180 valence electrons. The van der Waals surface area contributed by atoms with Crippen molar-refractivity contribution in [1.82, 2.24) is 9.91 Å². The third-order valence-corrected chi connectivity index (χ3v) is 6.78. The highest BCUT2D eigenvalue weighted by molar-refractivity contribution is 6.02. The molecule has 0 bridgehead atoms. The highest BCUT2D eigenvalue weighted by atomic mass is 16.6. The number of likely N-dealkylation sites (tertiary alicyclic amines) is 1. The van der Waals surface area contributed by atoms with Crippen LogP contribution in [-0.2, 0) is 4.74 Å². The minimum atomic E-state index is -0.650. The molecule has 1 amide bonds. The van der Waals surface area contributed by atoms with Crippen molar-refractivity contribution in [2.75, 3.05) is 33.4 Å². The van der Waals surface area contributed by atoms with Crippen LogP contribution in [0.4, 0.5) is 4.79 Å². The summed E-state index contributed by atoms with van der Waals surface area (Å²) in [5.74, 6) is 2.35. The van der Waals surface area contributed by atoms with Crippen LogP contribution in [0.15, 0.2) is 47.6 Å². The summed E-state index contributed by atoms with van der Waals surface area (Å²) in [5, 5.41) is 7.23. The van der Waals surface area contributed by atoms with E-state index < -0.39 is 5.72 Å². The second-order valence-corrected chi connectivity index (χ2v) is 8.68. The Bertz CT molecular complexity index is 1080. The lowest BCUT2D eigenvalue weighted by molar-refractivity contribution is -0.148. The lowest BCUT2D eigenvalue weighted by atomic mass is 9.90. The second kappa shape index (κ2) is 9.08. The number of benzene rings is 2. The van der Waals surface area contributed by atoms with Gasteiger partial charge in [0.15, 0.2) is 11.5 Å². The third-order valence-electron chi connectivity index (χ3n) is 6.78. The maximum atomic E-state index is 12.3. The maximum Gasteiger partial charge on any atom is 0.409 e. The van der Waals surface area contributed by atoms with E-state index in [1.807, 2.05) is 38.1 Å². The fourth-order valence-corrected chi connectivity index (χ4v) is 5.10. The first-order chi connectivity index (χ1) is 16.6. The largest absolute Gasteiger partial charge is 0.494 e. The first-order valence-corrected chi connectivity index (χ1v) is 12.0. The summed E-state index contributed by atoms with van der Waals surface area (Å²) in [7, 11) is 1.66. The van der Waals surface area contributed by atoms with E-state index in [1.54, 1.807) is 12.0 Å². The number of carbonyl (C=O) groups is 1. The molecule has 0 aliphatic carbocycles. The summed E-state index contributed by atoms with van der Waals surface area (Å²) in [6, 6.07) is 14.1. The smallest absolute Gasteiger partial charge is 0.409 e. The number of fused-ring (bicyclic) bond motifs is 4. The van der Waals surface area contributed by atoms with E-state index in [0.29, 0.717) is 39.1 Å². The van der Waals surface area contributed by atoms with Crippen molar-refractivity contribution >= 4 is 11.8 Å². The third kappa shape index (κ3) is 3.81. The van der Waals surface area contributed by atoms with Crippen LogP contribution in [0.5, 0.6) is 17.2 Å². The molecule has 8 nitrogen and oxygen atoms in total. The summed E-state index contributed by atoms with van der Waals surface area (Å²) in [6.07, 6.45) is 1.74. The van der Waals surface area contributed by atoms with Gasteiger partial charge in [-0.25, -0.2) is 9.80 Å². The molecule has 3 heterocycles. The number of methoxy groups -OCH3 is 1. The molecule has 1 atom stereocenters. The summed E-state index contributed by atoms with van der Waals surface area (Å²) in [6.45, 7) is 5.89. The van der Waals surface area contributed by atoms with E-state index in [1.165, 1.54) is 0 Å². The van der Waals surface area contributed by atoms with Gasteiger partial charge in [0.05, 0.1) is 32.1 Å². The number of nitrogens with zero attached hydrogens (tertiary/aromatic N) is 3. The molecule has 1 saturated heterocycles. The van der Waals surface area contributed by atoms with Gasteiger partial charge < -0.3 is 23.8 Å². The zero-order valence-corrected chi connectivity index (χ0v) is 20.0. The van der Waals surface area contributed by atoms with Gasteiger partial charge >= 0.3 is 6.09 Å². The molecule has 0 aromatic heterocycles. The van der Waals surface area contributed by atoms with Crippen LogP contribution >= 0.6 is 0 Å². The average molecular weight is 466 g/mol. The Morgan fingerprint density at radius 3 is 2.56 bits per heavy atom. The van der Waals surface area contributed by atoms with Crippen LogP contribution in [0.25, 0.3) is 0 Å². The van der Waals surface area contributed by atoms with Crippen molar-refractivity contribution in [1.29, 1.82) is 0 Å². The number of ether oxygens (including phenoxy) is 4. The first-order valence-electron chi connectivity index (χ1n) is 12.0. The van der Waals surface area contributed by atoms with Gasteiger partial charge in [-0.05, 0) is 49.7 Å². The number of hydrogen-bond donors (Lipinski definition) is 0. The number of para-hydroxylation sites is 1. The monoisotopic (exact) mass is 465 g/mol. The van der Waals surface area contributed by atoms with Gasteiger partial charge in [0.25, 0.3) is 0 Å². The van der Waals surface area contributed by atoms with Crippen LogP contribution in [-0.4, -0.2) is 60.9 Å². The van der Waals surface area contributed by atoms with Gasteiger partial charge in [0.1, 0.15) is 5.75 Å². The fraction of sp³-hybridized carbons (Fsp3) is 0.462. The lowest BCUT2D eigenvalue weighted by Crippen LogP contribution is -2.59. The standard InChI is InChI=1S/C26H31N3O5/c1-4-32-19-11-9-18(10-12-19)21-17-22-20-7-6-8-23(31-3)24(20)34-26(29(22)27-21)13-15-28(16-14-26)25(30)33-5-2/h6-12,22H,4-5,13-17H2,1-3H3/t22-/m0/s1. The Labute approximate surface area is 200 Å². The number of carbonyl (C=O) groups excluding carboxylic acids is 1. The maximum absolute atomic E-state index is 12.3. The van der Waals surface area contributed by atoms with Crippen LogP contribution in [0.2, 0.25) is 0 Å². The minimum Gasteiger partial charge on any atom is -0.494 e. The molecule has 34 heavy (non-hydrogen) atoms. The van der Waals surface area contributed by atoms with Crippen molar-refractivity contribution in [3.63, 3.8) is 0 Å². The number of amides is 1. The topological polar surface area (TPSA) is 72.8 Å². The summed E-state index contributed by atoms with van der Waals surface area (Å²) >= 11 is 0. The second-order valence-electron chi connectivity index (χ2n) is 8.68. The highest BCUT2D eigenvalue weighted by Gasteiger charge is 2.53. The molecule has 0 N–H and O–H groups in total. The minimum absolute atomic E-state index is 0.0366. The Hall–Kier alpha value is -3.42. The normalized spacial score (nSPS) is 20.2. The van der Waals surface area contributed by atoms with Crippen LogP contribution in [0.1, 0.15) is 50.3 Å². The molecule has 0 saturated carbocycles. The van der Waals surface area contributed by atoms with Crippen molar-refractivity contribution in [3.8, 4) is 17.2 Å². The predicted octanol–water partition coefficient (Wildman–Crippen LogP) is 4.59. The quantitative estimate of drug-likeness (QED) is 0.643. The van der Waals surface area contributed by atoms with Crippen LogP contribution in [0.3, 0.4) is 0 Å². The van der Waals surface area contributed by atoms with Crippen molar-refractivity contribution in [3.05, 3.63) is 53.6 Å². The molecule has 3 aliphatic heterocycles. The molecule has 3 aliphatic rings. The highest BCUT2D eigenvalue weighted by Crippen LogP contribution is 2.52. The van der Waals surface area contributed by atoms with Crippen LogP contribution in [0, 0.1) is 0 Å². The average Bonchev–Trinajstić information content (AvgIpc) is 3.32. The molecule has 2 aromatic rings. The van der Waals surface area contributed by atoms with Gasteiger partial charge in [0, 0.05) is 37.9 Å². The number of hydrogen-bond acceptors (Lipinski definition) is 7. The van der Waals surface area contributed by atoms with Gasteiger partial charge in [-0.15, -0.1) is 0 Å². The predicted molar refractivity (Wildman–Crippen MR) is 128 cm³/mol. The number of piperidine rings is 1. The SMILES string of the molecule is CCOC(=O)N1CCC2(CC1)Oc1c(OC)cccc1[C@@H]1CC(c3ccc(OCC)cc3)=NN12. The first kappa shape index (κ1) is 22.4. The molecular weight excluding hydrogens is 434 g/mol. The van der Waals surface area contributed by atoms with Crippen molar-refractivity contribution in [2.45, 2.75) is 44.9 Å². The molecular formula is C26H31N3O5. The van der Waals surface area contributed by atoms with Gasteiger partial charge in [-0.1, -0.05) is 12.1 Å². The Morgan fingerprint density at radius 1 is 1.12 bits per heavy atom. The Balaban J connectivity index is 1.48. The van der Waals surface area contributed by atoms with Gasteiger partial charge in [-0.2, -0.15) is 5.10 Å². The zero-order chi connectivity index (χ0) is 23.7. The summed E-state index contributed by atoms with van der Waals surface area (Å²) in [4.78, 5) is 14.0.